The van der Waals surface area contributed by atoms with Gasteiger partial charge in [-0.05, 0) is 45.4 Å². The summed E-state index contributed by atoms with van der Waals surface area (Å²) in [4.78, 5) is 38.5. The first kappa shape index (κ1) is 21.8. The lowest BCUT2D eigenvalue weighted by Crippen LogP contribution is -2.31. The van der Waals surface area contributed by atoms with Crippen LogP contribution in [0.25, 0.3) is 0 Å². The maximum Gasteiger partial charge on any atom is 0.308 e. The highest BCUT2D eigenvalue weighted by molar-refractivity contribution is 7.14. The van der Waals surface area contributed by atoms with Crippen LogP contribution in [0.2, 0.25) is 0 Å². The lowest BCUT2D eigenvalue weighted by atomic mass is 10.0. The minimum Gasteiger partial charge on any atom is -0.463 e. The second-order valence-corrected chi connectivity index (χ2v) is 8.39. The molecule has 2 aromatic rings. The first-order valence-corrected chi connectivity index (χ1v) is 10.2. The third-order valence-electron chi connectivity index (χ3n) is 4.15. The van der Waals surface area contributed by atoms with E-state index in [2.05, 4.69) is 5.32 Å². The van der Waals surface area contributed by atoms with Gasteiger partial charge in [-0.3, -0.25) is 14.4 Å². The van der Waals surface area contributed by atoms with Crippen LogP contribution in [0, 0.1) is 13.8 Å². The molecule has 1 unspecified atom stereocenters. The topological polar surface area (TPSA) is 72.5 Å². The molecular formula is C22H27NO4S. The Balaban J connectivity index is 1.99. The van der Waals surface area contributed by atoms with Gasteiger partial charge in [-0.2, -0.15) is 0 Å². The van der Waals surface area contributed by atoms with E-state index in [4.69, 9.17) is 4.74 Å². The number of nitrogens with one attached hydrogen (secondary N) is 1. The predicted molar refractivity (Wildman–Crippen MR) is 111 cm³/mol. The molecule has 150 valence electrons. The minimum absolute atomic E-state index is 0.0423. The van der Waals surface area contributed by atoms with Gasteiger partial charge >= 0.3 is 5.97 Å². The van der Waals surface area contributed by atoms with E-state index in [1.165, 1.54) is 11.3 Å². The normalized spacial score (nSPS) is 11.9. The van der Waals surface area contributed by atoms with Gasteiger partial charge in [0.15, 0.2) is 5.78 Å². The van der Waals surface area contributed by atoms with Gasteiger partial charge in [0, 0.05) is 17.7 Å². The largest absolute Gasteiger partial charge is 0.463 e. The van der Waals surface area contributed by atoms with Crippen LogP contribution in [0.1, 0.15) is 64.8 Å². The first-order chi connectivity index (χ1) is 13.2. The van der Waals surface area contributed by atoms with Crippen molar-refractivity contribution >= 4 is 29.0 Å². The number of rotatable bonds is 9. The van der Waals surface area contributed by atoms with Gasteiger partial charge in [-0.1, -0.05) is 29.8 Å². The van der Waals surface area contributed by atoms with Crippen LogP contribution in [0.3, 0.4) is 0 Å². The van der Waals surface area contributed by atoms with Crippen molar-refractivity contribution in [2.45, 2.75) is 59.1 Å². The first-order valence-electron chi connectivity index (χ1n) is 9.39. The molecule has 5 nitrogen and oxygen atoms in total. The van der Waals surface area contributed by atoms with E-state index in [1.54, 1.807) is 19.9 Å². The molecule has 0 spiro atoms. The van der Waals surface area contributed by atoms with Crippen molar-refractivity contribution in [1.82, 2.24) is 5.32 Å². The minimum atomic E-state index is -0.488. The third-order valence-corrected chi connectivity index (χ3v) is 5.19. The predicted octanol–water partition coefficient (Wildman–Crippen LogP) is 4.53. The maximum absolute atomic E-state index is 12.4. The number of Topliss-reactive ketones (excluding diaryl/α,β-unsaturated/α-hetero) is 1. The Morgan fingerprint density at radius 3 is 2.25 bits per heavy atom. The lowest BCUT2D eigenvalue weighted by Gasteiger charge is -2.19. The number of carbonyl (C=O) groups is 3. The number of hydrogen-bond donors (Lipinski definition) is 1. The van der Waals surface area contributed by atoms with Crippen LogP contribution in [0.5, 0.6) is 0 Å². The fourth-order valence-electron chi connectivity index (χ4n) is 2.73. The molecule has 0 aliphatic carbocycles. The highest BCUT2D eigenvalue weighted by Crippen LogP contribution is 2.20. The Bertz CT molecular complexity index is 823. The number of amides is 1. The smallest absolute Gasteiger partial charge is 0.308 e. The molecule has 28 heavy (non-hydrogen) atoms. The molecule has 0 saturated heterocycles. The van der Waals surface area contributed by atoms with Gasteiger partial charge in [-0.15, -0.1) is 11.3 Å². The summed E-state index contributed by atoms with van der Waals surface area (Å²) >= 11 is 1.43. The monoisotopic (exact) mass is 401 g/mol. The lowest BCUT2D eigenvalue weighted by molar-refractivity contribution is -0.148. The summed E-state index contributed by atoms with van der Waals surface area (Å²) in [5.41, 5.74) is 1.93. The molecule has 0 saturated carbocycles. The summed E-state index contributed by atoms with van der Waals surface area (Å²) in [5, 5.41) is 2.88. The Kier molecular flexibility index (Phi) is 7.93. The molecule has 1 heterocycles. The molecule has 0 aliphatic rings. The molecule has 0 radical (unpaired) electrons. The zero-order valence-corrected chi connectivity index (χ0v) is 17.6. The number of aryl methyl sites for hydroxylation is 2. The van der Waals surface area contributed by atoms with E-state index < -0.39 is 6.04 Å². The van der Waals surface area contributed by atoms with Gasteiger partial charge in [0.25, 0.3) is 0 Å². The molecule has 2 rings (SSSR count). The number of esters is 1. The van der Waals surface area contributed by atoms with Crippen LogP contribution in [-0.4, -0.2) is 23.8 Å². The van der Waals surface area contributed by atoms with Crippen molar-refractivity contribution in [3.05, 3.63) is 57.3 Å². The van der Waals surface area contributed by atoms with Crippen LogP contribution < -0.4 is 5.32 Å². The molecular weight excluding hydrogens is 374 g/mol. The quantitative estimate of drug-likeness (QED) is 0.495. The van der Waals surface area contributed by atoms with Crippen molar-refractivity contribution in [2.24, 2.45) is 0 Å². The summed E-state index contributed by atoms with van der Waals surface area (Å²) in [7, 11) is 0. The fourth-order valence-corrected chi connectivity index (χ4v) is 3.56. The SMILES string of the molecule is Cc1ccc(C(CC(=O)OC(C)C)NC(=O)CCC(=O)c2ccc(C)s2)cc1. The summed E-state index contributed by atoms with van der Waals surface area (Å²) in [6.45, 7) is 7.49. The van der Waals surface area contributed by atoms with Crippen LogP contribution >= 0.6 is 11.3 Å². The van der Waals surface area contributed by atoms with Crippen LogP contribution in [0.15, 0.2) is 36.4 Å². The van der Waals surface area contributed by atoms with Crippen LogP contribution in [-0.2, 0) is 14.3 Å². The van der Waals surface area contributed by atoms with Gasteiger partial charge in [0.2, 0.25) is 5.91 Å². The second kappa shape index (κ2) is 10.2. The number of ether oxygens (including phenoxy) is 1. The number of hydrogen-bond acceptors (Lipinski definition) is 5. The zero-order valence-electron chi connectivity index (χ0n) is 16.8. The van der Waals surface area contributed by atoms with E-state index in [-0.39, 0.29) is 43.0 Å². The summed E-state index contributed by atoms with van der Waals surface area (Å²) in [6.07, 6.45) is 0.0550. The molecule has 1 aromatic heterocycles. The van der Waals surface area contributed by atoms with E-state index >= 15 is 0 Å². The van der Waals surface area contributed by atoms with E-state index in [0.717, 1.165) is 16.0 Å². The molecule has 0 fully saturated rings. The summed E-state index contributed by atoms with van der Waals surface area (Å²) < 4.78 is 5.22. The molecule has 0 bridgehead atoms. The number of thiophene rings is 1. The van der Waals surface area contributed by atoms with Crippen molar-refractivity contribution < 1.29 is 19.1 Å². The van der Waals surface area contributed by atoms with Gasteiger partial charge < -0.3 is 10.1 Å². The van der Waals surface area contributed by atoms with Crippen molar-refractivity contribution in [2.75, 3.05) is 0 Å². The van der Waals surface area contributed by atoms with E-state index in [9.17, 15) is 14.4 Å². The highest BCUT2D eigenvalue weighted by atomic mass is 32.1. The van der Waals surface area contributed by atoms with Gasteiger partial charge in [0.1, 0.15) is 0 Å². The van der Waals surface area contributed by atoms with Crippen LogP contribution in [0.4, 0.5) is 0 Å². The second-order valence-electron chi connectivity index (χ2n) is 7.11. The van der Waals surface area contributed by atoms with Crippen molar-refractivity contribution in [3.63, 3.8) is 0 Å². The van der Waals surface area contributed by atoms with Crippen molar-refractivity contribution in [1.29, 1.82) is 0 Å². The Labute approximate surface area is 170 Å². The average molecular weight is 402 g/mol. The Morgan fingerprint density at radius 1 is 1.00 bits per heavy atom. The molecule has 1 N–H and O–H groups in total. The molecule has 0 aliphatic heterocycles. The summed E-state index contributed by atoms with van der Waals surface area (Å²) in [6, 6.07) is 10.8. The third kappa shape index (κ3) is 6.93. The Hall–Kier alpha value is -2.47. The highest BCUT2D eigenvalue weighted by Gasteiger charge is 2.21. The molecule has 1 amide bonds. The van der Waals surface area contributed by atoms with Gasteiger partial charge in [-0.25, -0.2) is 0 Å². The number of carbonyl (C=O) groups excluding carboxylic acids is 3. The molecule has 6 heteroatoms. The Morgan fingerprint density at radius 2 is 1.68 bits per heavy atom. The van der Waals surface area contributed by atoms with Gasteiger partial charge in [0.05, 0.1) is 23.4 Å². The molecule has 1 aromatic carbocycles. The fraction of sp³-hybridized carbons (Fsp3) is 0.409. The number of ketones is 1. The van der Waals surface area contributed by atoms with E-state index in [0.29, 0.717) is 4.88 Å². The van der Waals surface area contributed by atoms with Crippen molar-refractivity contribution in [3.8, 4) is 0 Å². The number of benzene rings is 1. The zero-order chi connectivity index (χ0) is 20.7. The maximum atomic E-state index is 12.4. The summed E-state index contributed by atoms with van der Waals surface area (Å²) in [5.74, 6) is -0.671. The molecule has 1 atom stereocenters. The standard InChI is InChI=1S/C22H27NO4S/c1-14(2)27-22(26)13-18(17-8-5-15(3)6-9-17)23-21(25)12-10-19(24)20-11-7-16(4)28-20/h5-9,11,14,18H,10,12-13H2,1-4H3,(H,23,25). The van der Waals surface area contributed by atoms with E-state index in [1.807, 2.05) is 44.2 Å². The average Bonchev–Trinajstić information content (AvgIpc) is 3.05.